The van der Waals surface area contributed by atoms with E-state index in [-0.39, 0.29) is 23.1 Å². The highest BCUT2D eigenvalue weighted by Gasteiger charge is 2.39. The topological polar surface area (TPSA) is 59.8 Å². The molecular weight excluding hydrogens is 411 g/mol. The molecule has 2 atom stereocenters. The third-order valence-electron chi connectivity index (χ3n) is 4.72. The van der Waals surface area contributed by atoms with Crippen molar-refractivity contribution in [2.45, 2.75) is 42.6 Å². The van der Waals surface area contributed by atoms with Crippen LogP contribution in [0.4, 0.5) is 4.39 Å². The van der Waals surface area contributed by atoms with Crippen molar-refractivity contribution in [3.63, 3.8) is 0 Å². The molecule has 0 unspecified atom stereocenters. The van der Waals surface area contributed by atoms with Crippen molar-refractivity contribution in [3.05, 3.63) is 76.3 Å². The van der Waals surface area contributed by atoms with E-state index in [0.717, 1.165) is 11.4 Å². The summed E-state index contributed by atoms with van der Waals surface area (Å²) in [4.78, 5) is 13.3. The summed E-state index contributed by atoms with van der Waals surface area (Å²) in [7, 11) is 0. The fourth-order valence-electron chi connectivity index (χ4n) is 3.24. The second kappa shape index (κ2) is 7.46. The normalized spacial score (nSPS) is 18.8. The lowest BCUT2D eigenvalue weighted by Gasteiger charge is -2.34. The van der Waals surface area contributed by atoms with Crippen molar-refractivity contribution in [2.24, 2.45) is 0 Å². The average molecular weight is 431 g/mol. The molecular formula is C21H20ClFN4OS. The second-order valence-corrected chi connectivity index (χ2v) is 9.50. The van der Waals surface area contributed by atoms with Crippen LogP contribution in [-0.4, -0.2) is 25.9 Å². The number of carbonyl (C=O) groups excluding carboxylic acids is 1. The molecule has 0 aliphatic carbocycles. The molecule has 3 aromatic rings. The Balaban J connectivity index is 1.77. The van der Waals surface area contributed by atoms with Crippen LogP contribution in [0, 0.1) is 5.82 Å². The molecule has 0 saturated carbocycles. The summed E-state index contributed by atoms with van der Waals surface area (Å²) in [5.74, 6) is 0.306. The smallest absolute Gasteiger partial charge is 0.210 e. The number of halogens is 2. The van der Waals surface area contributed by atoms with Gasteiger partial charge in [-0.15, -0.1) is 10.2 Å². The molecule has 1 N–H and O–H groups in total. The molecule has 8 heteroatoms. The van der Waals surface area contributed by atoms with Gasteiger partial charge in [0.1, 0.15) is 11.1 Å². The first-order chi connectivity index (χ1) is 13.7. The minimum absolute atomic E-state index is 0.103. The zero-order chi connectivity index (χ0) is 20.8. The van der Waals surface area contributed by atoms with Crippen molar-refractivity contribution in [1.29, 1.82) is 0 Å². The van der Waals surface area contributed by atoms with Crippen LogP contribution in [0.3, 0.4) is 0 Å². The van der Waals surface area contributed by atoms with Gasteiger partial charge in [-0.25, -0.2) is 9.07 Å². The van der Waals surface area contributed by atoms with Crippen molar-refractivity contribution in [2.75, 3.05) is 5.43 Å². The molecule has 150 valence electrons. The number of thioether (sulfide) groups is 1. The fraction of sp³-hybridized carbons (Fsp3) is 0.286. The Kier molecular flexibility index (Phi) is 5.12. The number of rotatable bonds is 3. The van der Waals surface area contributed by atoms with Crippen LogP contribution in [0.25, 0.3) is 0 Å². The average Bonchev–Trinajstić information content (AvgIpc) is 3.11. The van der Waals surface area contributed by atoms with E-state index < -0.39 is 5.25 Å². The van der Waals surface area contributed by atoms with E-state index in [1.54, 1.807) is 12.1 Å². The number of nitrogens with one attached hydrogen (secondary N) is 1. The maximum absolute atomic E-state index is 13.3. The molecule has 0 bridgehead atoms. The number of fused-ring (bicyclic) bond motifs is 1. The van der Waals surface area contributed by atoms with Crippen LogP contribution < -0.4 is 5.43 Å². The van der Waals surface area contributed by atoms with Crippen LogP contribution in [0.5, 0.6) is 0 Å². The Morgan fingerprint density at radius 2 is 1.76 bits per heavy atom. The van der Waals surface area contributed by atoms with Gasteiger partial charge in [0.15, 0.2) is 11.6 Å². The highest BCUT2D eigenvalue weighted by Crippen LogP contribution is 2.40. The highest BCUT2D eigenvalue weighted by molar-refractivity contribution is 8.00. The van der Waals surface area contributed by atoms with E-state index in [1.807, 2.05) is 16.8 Å². The van der Waals surface area contributed by atoms with Crippen LogP contribution in [-0.2, 0) is 5.41 Å². The number of hydrogen-bond donors (Lipinski definition) is 1. The first kappa shape index (κ1) is 19.9. The third-order valence-corrected chi connectivity index (χ3v) is 6.19. The molecule has 2 heterocycles. The van der Waals surface area contributed by atoms with E-state index in [0.29, 0.717) is 15.7 Å². The summed E-state index contributed by atoms with van der Waals surface area (Å²) < 4.78 is 15.2. The van der Waals surface area contributed by atoms with E-state index >= 15 is 0 Å². The van der Waals surface area contributed by atoms with Crippen LogP contribution >= 0.6 is 23.4 Å². The van der Waals surface area contributed by atoms with Gasteiger partial charge in [0.2, 0.25) is 5.16 Å². The Morgan fingerprint density at radius 3 is 2.38 bits per heavy atom. The number of carbonyl (C=O) groups is 1. The Morgan fingerprint density at radius 1 is 1.10 bits per heavy atom. The quantitative estimate of drug-likeness (QED) is 0.592. The predicted molar refractivity (Wildman–Crippen MR) is 113 cm³/mol. The molecule has 5 nitrogen and oxygen atoms in total. The van der Waals surface area contributed by atoms with Crippen molar-refractivity contribution >= 4 is 29.1 Å². The van der Waals surface area contributed by atoms with Gasteiger partial charge in [-0.05, 0) is 42.0 Å². The summed E-state index contributed by atoms with van der Waals surface area (Å²) in [6.45, 7) is 6.18. The second-order valence-electron chi connectivity index (χ2n) is 7.96. The molecule has 0 amide bonds. The molecule has 1 aromatic heterocycles. The minimum atomic E-state index is -0.494. The third kappa shape index (κ3) is 3.89. The minimum Gasteiger partial charge on any atom is -0.313 e. The molecule has 4 rings (SSSR count). The first-order valence-electron chi connectivity index (χ1n) is 9.18. The lowest BCUT2D eigenvalue weighted by molar-refractivity contribution is 0.0980. The summed E-state index contributed by atoms with van der Waals surface area (Å²) in [5, 5.41) is 9.38. The number of hydrogen-bond acceptors (Lipinski definition) is 5. The summed E-state index contributed by atoms with van der Waals surface area (Å²) in [5.41, 5.74) is 4.58. The van der Waals surface area contributed by atoms with Gasteiger partial charge in [0, 0.05) is 16.0 Å². The maximum Gasteiger partial charge on any atom is 0.210 e. The fourth-order valence-corrected chi connectivity index (χ4v) is 4.52. The van der Waals surface area contributed by atoms with Crippen molar-refractivity contribution in [1.82, 2.24) is 14.9 Å². The van der Waals surface area contributed by atoms with Crippen LogP contribution in [0.15, 0.2) is 53.7 Å². The largest absolute Gasteiger partial charge is 0.313 e. The van der Waals surface area contributed by atoms with Gasteiger partial charge in [-0.3, -0.25) is 4.79 Å². The summed E-state index contributed by atoms with van der Waals surface area (Å²) in [6, 6.07) is 12.7. The molecule has 2 aromatic carbocycles. The molecule has 1 aliphatic heterocycles. The number of aromatic nitrogens is 3. The monoisotopic (exact) mass is 430 g/mol. The Hall–Kier alpha value is -2.38. The van der Waals surface area contributed by atoms with E-state index in [9.17, 15) is 9.18 Å². The molecule has 1 aliphatic rings. The molecule has 0 spiro atoms. The Labute approximate surface area is 177 Å². The van der Waals surface area contributed by atoms with E-state index in [1.165, 1.54) is 36.0 Å². The number of Topliss-reactive ketones (excluding diaryl/α,β-unsaturated/α-hetero) is 1. The maximum atomic E-state index is 13.3. The van der Waals surface area contributed by atoms with Gasteiger partial charge >= 0.3 is 0 Å². The molecule has 0 radical (unpaired) electrons. The van der Waals surface area contributed by atoms with Crippen molar-refractivity contribution in [3.8, 4) is 0 Å². The summed E-state index contributed by atoms with van der Waals surface area (Å²) >= 11 is 7.41. The van der Waals surface area contributed by atoms with Crippen LogP contribution in [0.2, 0.25) is 5.02 Å². The van der Waals surface area contributed by atoms with Crippen LogP contribution in [0.1, 0.15) is 48.6 Å². The SMILES string of the molecule is CC(C)(C)c1nnc2n1N[C@H](c1ccc(Cl)cc1)[C@H](C(=O)c1ccc(F)cc1)S2. The number of nitrogens with zero attached hydrogens (tertiary/aromatic N) is 3. The molecule has 29 heavy (non-hydrogen) atoms. The molecule has 0 fully saturated rings. The predicted octanol–water partition coefficient (Wildman–Crippen LogP) is 5.01. The highest BCUT2D eigenvalue weighted by atomic mass is 35.5. The standard InChI is InChI=1S/C21H20ClFN4OS/c1-21(2,3)19-24-25-20-27(19)26-16(12-4-8-14(22)9-5-12)18(29-20)17(28)13-6-10-15(23)11-7-13/h4-11,16,18,26H,1-3H3/t16-,18-/m1/s1. The van der Waals surface area contributed by atoms with Gasteiger partial charge < -0.3 is 5.43 Å². The lowest BCUT2D eigenvalue weighted by atomic mass is 9.95. The van der Waals surface area contributed by atoms with E-state index in [2.05, 4.69) is 36.4 Å². The molecule has 0 saturated heterocycles. The van der Waals surface area contributed by atoms with Gasteiger partial charge in [0.05, 0.1) is 6.04 Å². The number of ketones is 1. The zero-order valence-corrected chi connectivity index (χ0v) is 17.8. The summed E-state index contributed by atoms with van der Waals surface area (Å²) in [6.07, 6.45) is 0. The van der Waals surface area contributed by atoms with Gasteiger partial charge in [-0.1, -0.05) is 56.3 Å². The Bertz CT molecular complexity index is 1040. The van der Waals surface area contributed by atoms with Crippen molar-refractivity contribution < 1.29 is 9.18 Å². The lowest BCUT2D eigenvalue weighted by Crippen LogP contribution is -2.40. The number of benzene rings is 2. The first-order valence-corrected chi connectivity index (χ1v) is 10.4. The van der Waals surface area contributed by atoms with Gasteiger partial charge in [-0.2, -0.15) is 0 Å². The van der Waals surface area contributed by atoms with E-state index in [4.69, 9.17) is 11.6 Å². The zero-order valence-electron chi connectivity index (χ0n) is 16.2. The van der Waals surface area contributed by atoms with Gasteiger partial charge in [0.25, 0.3) is 0 Å².